The third-order valence-corrected chi connectivity index (χ3v) is 4.03. The molecule has 3 amide bonds. The second-order valence-corrected chi connectivity index (χ2v) is 6.24. The number of carbonyl (C=O) groups excluding carboxylic acids is 2. The number of hydrogen-bond donors (Lipinski definition) is 1. The molecule has 0 spiro atoms. The van der Waals surface area contributed by atoms with Crippen molar-refractivity contribution in [3.05, 3.63) is 5.01 Å². The summed E-state index contributed by atoms with van der Waals surface area (Å²) in [4.78, 5) is 27.2. The number of carbonyl (C=O) groups is 2. The number of urea groups is 1. The molecule has 20 heavy (non-hydrogen) atoms. The lowest BCUT2D eigenvalue weighted by atomic mass is 9.96. The van der Waals surface area contributed by atoms with Crippen molar-refractivity contribution in [1.29, 1.82) is 0 Å². The number of hydrogen-bond acceptors (Lipinski definition) is 5. The summed E-state index contributed by atoms with van der Waals surface area (Å²) in [6, 6.07) is 0.00334. The van der Waals surface area contributed by atoms with Crippen LogP contribution in [0.3, 0.4) is 0 Å². The van der Waals surface area contributed by atoms with E-state index in [2.05, 4.69) is 15.5 Å². The van der Waals surface area contributed by atoms with Crippen LogP contribution < -0.4 is 5.32 Å². The maximum Gasteiger partial charge on any atom is 0.319 e. The van der Waals surface area contributed by atoms with Gasteiger partial charge in [0, 0.05) is 33.1 Å². The van der Waals surface area contributed by atoms with E-state index >= 15 is 0 Å². The van der Waals surface area contributed by atoms with Gasteiger partial charge in [-0.3, -0.25) is 4.79 Å². The highest BCUT2D eigenvalue weighted by Gasteiger charge is 2.28. The molecule has 110 valence electrons. The van der Waals surface area contributed by atoms with Crippen LogP contribution >= 0.6 is 11.3 Å². The summed E-state index contributed by atoms with van der Waals surface area (Å²) < 4.78 is 0. The number of nitrogens with zero attached hydrogens (tertiary/aromatic N) is 4. The lowest BCUT2D eigenvalue weighted by Crippen LogP contribution is -2.45. The molecule has 0 saturated carbocycles. The number of aryl methyl sites for hydroxylation is 1. The number of nitrogens with one attached hydrogen (secondary N) is 1. The van der Waals surface area contributed by atoms with Crippen molar-refractivity contribution in [3.63, 3.8) is 0 Å². The molecule has 0 unspecified atom stereocenters. The Morgan fingerprint density at radius 1 is 1.30 bits per heavy atom. The molecule has 0 aliphatic carbocycles. The molecule has 0 bridgehead atoms. The van der Waals surface area contributed by atoms with E-state index in [0.717, 1.165) is 5.01 Å². The average molecular weight is 297 g/mol. The Morgan fingerprint density at radius 2 is 1.95 bits per heavy atom. The zero-order chi connectivity index (χ0) is 14.7. The van der Waals surface area contributed by atoms with Crippen molar-refractivity contribution in [3.8, 4) is 0 Å². The summed E-state index contributed by atoms with van der Waals surface area (Å²) in [7, 11) is 3.47. The van der Waals surface area contributed by atoms with Crippen LogP contribution in [0, 0.1) is 12.8 Å². The van der Waals surface area contributed by atoms with Crippen molar-refractivity contribution in [2.45, 2.75) is 19.8 Å². The van der Waals surface area contributed by atoms with Gasteiger partial charge < -0.3 is 15.1 Å². The molecule has 1 saturated heterocycles. The van der Waals surface area contributed by atoms with Gasteiger partial charge in [-0.05, 0) is 19.8 Å². The molecule has 0 aromatic carbocycles. The monoisotopic (exact) mass is 297 g/mol. The Kier molecular flexibility index (Phi) is 4.53. The van der Waals surface area contributed by atoms with E-state index in [9.17, 15) is 9.59 Å². The van der Waals surface area contributed by atoms with Crippen LogP contribution in [-0.4, -0.2) is 59.1 Å². The van der Waals surface area contributed by atoms with E-state index in [1.807, 2.05) is 6.92 Å². The smallest absolute Gasteiger partial charge is 0.319 e. The van der Waals surface area contributed by atoms with Gasteiger partial charge in [-0.25, -0.2) is 4.79 Å². The lowest BCUT2D eigenvalue weighted by Gasteiger charge is -2.32. The predicted molar refractivity (Wildman–Crippen MR) is 76.7 cm³/mol. The number of anilines is 1. The van der Waals surface area contributed by atoms with Crippen molar-refractivity contribution < 1.29 is 9.59 Å². The van der Waals surface area contributed by atoms with Crippen molar-refractivity contribution >= 4 is 28.4 Å². The summed E-state index contributed by atoms with van der Waals surface area (Å²) in [5.74, 6) is -0.0940. The van der Waals surface area contributed by atoms with Gasteiger partial charge in [-0.2, -0.15) is 0 Å². The molecule has 1 aliphatic rings. The van der Waals surface area contributed by atoms with Crippen molar-refractivity contribution in [2.24, 2.45) is 5.92 Å². The standard InChI is InChI=1S/C12H19N5O2S/c1-8-14-15-11(20-8)13-10(18)9-4-6-17(7-5-9)12(19)16(2)3/h9H,4-7H2,1-3H3,(H,13,15,18). The molecular formula is C12H19N5O2S. The van der Waals surface area contributed by atoms with Crippen LogP contribution in [0.4, 0.5) is 9.93 Å². The van der Waals surface area contributed by atoms with Crippen molar-refractivity contribution in [1.82, 2.24) is 20.0 Å². The van der Waals surface area contributed by atoms with Crippen LogP contribution in [0.1, 0.15) is 17.8 Å². The first kappa shape index (κ1) is 14.7. The van der Waals surface area contributed by atoms with Crippen LogP contribution in [0.5, 0.6) is 0 Å². The summed E-state index contributed by atoms with van der Waals surface area (Å²) in [6.07, 6.45) is 1.37. The Labute approximate surface area is 122 Å². The number of amides is 3. The fourth-order valence-electron chi connectivity index (χ4n) is 2.17. The first-order chi connectivity index (χ1) is 9.47. The molecule has 0 radical (unpaired) electrons. The van der Waals surface area contributed by atoms with Gasteiger partial charge in [0.15, 0.2) is 0 Å². The molecule has 1 aromatic heterocycles. The van der Waals surface area contributed by atoms with Gasteiger partial charge >= 0.3 is 6.03 Å². The first-order valence-electron chi connectivity index (χ1n) is 6.54. The van der Waals surface area contributed by atoms with Gasteiger partial charge in [0.25, 0.3) is 0 Å². The molecule has 1 N–H and O–H groups in total. The van der Waals surface area contributed by atoms with Crippen molar-refractivity contribution in [2.75, 3.05) is 32.5 Å². The zero-order valence-electron chi connectivity index (χ0n) is 11.9. The molecule has 1 aliphatic heterocycles. The second kappa shape index (κ2) is 6.17. The Bertz CT molecular complexity index is 494. The number of likely N-dealkylation sites (tertiary alicyclic amines) is 1. The van der Waals surface area contributed by atoms with E-state index in [-0.39, 0.29) is 17.9 Å². The topological polar surface area (TPSA) is 78.4 Å². The highest BCUT2D eigenvalue weighted by molar-refractivity contribution is 7.15. The molecule has 2 rings (SSSR count). The number of rotatable bonds is 2. The van der Waals surface area contributed by atoms with E-state index < -0.39 is 0 Å². The fourth-order valence-corrected chi connectivity index (χ4v) is 2.77. The van der Waals surface area contributed by atoms with Gasteiger partial charge in [0.05, 0.1) is 0 Å². The molecule has 0 atom stereocenters. The summed E-state index contributed by atoms with van der Waals surface area (Å²) in [5.41, 5.74) is 0. The van der Waals surface area contributed by atoms with Crippen LogP contribution in [0.15, 0.2) is 0 Å². The average Bonchev–Trinajstić information content (AvgIpc) is 2.83. The second-order valence-electron chi connectivity index (χ2n) is 5.05. The summed E-state index contributed by atoms with van der Waals surface area (Å²) in [6.45, 7) is 3.08. The first-order valence-corrected chi connectivity index (χ1v) is 7.36. The van der Waals surface area contributed by atoms with Crippen LogP contribution in [0.25, 0.3) is 0 Å². The van der Waals surface area contributed by atoms with E-state index in [1.165, 1.54) is 11.3 Å². The summed E-state index contributed by atoms with van der Waals surface area (Å²) >= 11 is 1.36. The SMILES string of the molecule is Cc1nnc(NC(=O)C2CCN(C(=O)N(C)C)CC2)s1. The van der Waals surface area contributed by atoms with Gasteiger partial charge in [-0.15, -0.1) is 10.2 Å². The quantitative estimate of drug-likeness (QED) is 0.889. The Hall–Kier alpha value is -1.70. The normalized spacial score (nSPS) is 16.1. The highest BCUT2D eigenvalue weighted by Crippen LogP contribution is 2.21. The minimum Gasteiger partial charge on any atom is -0.331 e. The van der Waals surface area contributed by atoms with Gasteiger partial charge in [0.1, 0.15) is 5.01 Å². The molecule has 7 nitrogen and oxygen atoms in total. The zero-order valence-corrected chi connectivity index (χ0v) is 12.7. The van der Waals surface area contributed by atoms with E-state index in [1.54, 1.807) is 23.9 Å². The molecule has 1 aromatic rings. The third-order valence-electron chi connectivity index (χ3n) is 3.28. The minimum absolute atomic E-state index is 0.00334. The van der Waals surface area contributed by atoms with Gasteiger partial charge in [0.2, 0.25) is 11.0 Å². The molecule has 2 heterocycles. The maximum atomic E-state index is 12.1. The Balaban J connectivity index is 1.84. The largest absolute Gasteiger partial charge is 0.331 e. The van der Waals surface area contributed by atoms with Crippen LogP contribution in [-0.2, 0) is 4.79 Å². The predicted octanol–water partition coefficient (Wildman–Crippen LogP) is 1.18. The van der Waals surface area contributed by atoms with Gasteiger partial charge in [-0.1, -0.05) is 11.3 Å². The Morgan fingerprint density at radius 3 is 2.45 bits per heavy atom. The number of piperidine rings is 1. The summed E-state index contributed by atoms with van der Waals surface area (Å²) in [5, 5.41) is 11.9. The molecule has 1 fully saturated rings. The van der Waals surface area contributed by atoms with E-state index in [4.69, 9.17) is 0 Å². The molecular weight excluding hydrogens is 278 g/mol. The maximum absolute atomic E-state index is 12.1. The third kappa shape index (κ3) is 3.44. The minimum atomic E-state index is -0.0644. The van der Waals surface area contributed by atoms with Crippen LogP contribution in [0.2, 0.25) is 0 Å². The van der Waals surface area contributed by atoms with E-state index in [0.29, 0.717) is 31.1 Å². The fraction of sp³-hybridized carbons (Fsp3) is 0.667. The lowest BCUT2D eigenvalue weighted by molar-refractivity contribution is -0.121. The molecule has 8 heteroatoms. The highest BCUT2D eigenvalue weighted by atomic mass is 32.1. The number of aromatic nitrogens is 2.